The predicted molar refractivity (Wildman–Crippen MR) is 132 cm³/mol. The van der Waals surface area contributed by atoms with Gasteiger partial charge in [-0.25, -0.2) is 4.79 Å². The van der Waals surface area contributed by atoms with E-state index in [1.54, 1.807) is 0 Å². The first-order valence-corrected chi connectivity index (χ1v) is 12.6. The maximum atomic E-state index is 12.4. The predicted octanol–water partition coefficient (Wildman–Crippen LogP) is 4.00. The average Bonchev–Trinajstić information content (AvgIpc) is 3.32. The Morgan fingerprint density at radius 2 is 1.41 bits per heavy atom. The van der Waals surface area contributed by atoms with Crippen LogP contribution >= 0.6 is 0 Å². The van der Waals surface area contributed by atoms with Gasteiger partial charge < -0.3 is 25.6 Å². The topological polar surface area (TPSA) is 87.9 Å². The van der Waals surface area contributed by atoms with Crippen LogP contribution in [0.15, 0.2) is 0 Å². The van der Waals surface area contributed by atoms with E-state index in [1.165, 1.54) is 25.9 Å². The van der Waals surface area contributed by atoms with Crippen molar-refractivity contribution in [3.63, 3.8) is 0 Å². The van der Waals surface area contributed by atoms with Crippen molar-refractivity contribution in [3.8, 4) is 0 Å². The third-order valence-electron chi connectivity index (χ3n) is 5.58. The van der Waals surface area contributed by atoms with Crippen molar-refractivity contribution in [1.29, 1.82) is 0 Å². The van der Waals surface area contributed by atoms with Crippen LogP contribution in [0, 0.1) is 11.8 Å². The highest BCUT2D eigenvalue weighted by Crippen LogP contribution is 2.15. The summed E-state index contributed by atoms with van der Waals surface area (Å²) in [4.78, 5) is 28.6. The molecule has 0 aromatic carbocycles. The summed E-state index contributed by atoms with van der Waals surface area (Å²) in [6.45, 7) is 19.2. The molecule has 2 fully saturated rings. The van der Waals surface area contributed by atoms with Crippen molar-refractivity contribution >= 4 is 12.0 Å². The molecule has 2 atom stereocenters. The van der Waals surface area contributed by atoms with Crippen molar-refractivity contribution in [2.75, 3.05) is 32.7 Å². The van der Waals surface area contributed by atoms with E-state index < -0.39 is 17.7 Å². The summed E-state index contributed by atoms with van der Waals surface area (Å²) in [5.41, 5.74) is 5.46. The average molecular weight is 455 g/mol. The van der Waals surface area contributed by atoms with Gasteiger partial charge in [-0.1, -0.05) is 27.7 Å². The third-order valence-corrected chi connectivity index (χ3v) is 5.58. The number of amides is 2. The Morgan fingerprint density at radius 1 is 0.906 bits per heavy atom. The van der Waals surface area contributed by atoms with Gasteiger partial charge in [-0.3, -0.25) is 4.79 Å². The number of carbonyl (C=O) groups excluding carboxylic acids is 2. The highest BCUT2D eigenvalue weighted by molar-refractivity contribution is 5.85. The van der Waals surface area contributed by atoms with Gasteiger partial charge in [-0.2, -0.15) is 0 Å². The van der Waals surface area contributed by atoms with Crippen LogP contribution in [0.3, 0.4) is 0 Å². The van der Waals surface area contributed by atoms with E-state index in [0.717, 1.165) is 44.8 Å². The Bertz CT molecular complexity index is 548. The fourth-order valence-corrected chi connectivity index (χ4v) is 4.28. The molecule has 3 N–H and O–H groups in total. The van der Waals surface area contributed by atoms with Gasteiger partial charge in [-0.05, 0) is 84.2 Å². The number of nitrogens with zero attached hydrogens (tertiary/aromatic N) is 2. The minimum absolute atomic E-state index is 0.0158. The molecule has 0 spiro atoms. The second-order valence-electron chi connectivity index (χ2n) is 11.3. The Hall–Kier alpha value is -1.34. The maximum absolute atomic E-state index is 12.4. The number of carbonyl (C=O) groups is 2. The Kier molecular flexibility index (Phi) is 12.6. The zero-order valence-corrected chi connectivity index (χ0v) is 21.8. The van der Waals surface area contributed by atoms with Gasteiger partial charge in [0, 0.05) is 25.7 Å². The molecule has 0 saturated carbocycles. The summed E-state index contributed by atoms with van der Waals surface area (Å²) in [6.07, 6.45) is 6.11. The highest BCUT2D eigenvalue weighted by Gasteiger charge is 2.29. The molecule has 7 nitrogen and oxygen atoms in total. The molecule has 2 amide bonds. The van der Waals surface area contributed by atoms with Crippen LogP contribution in [0.2, 0.25) is 0 Å². The number of alkyl carbamates (subject to hydrolysis) is 1. The minimum atomic E-state index is -0.552. The summed E-state index contributed by atoms with van der Waals surface area (Å²) in [5.74, 6) is 1.09. The normalized spacial score (nSPS) is 19.0. The number of likely N-dealkylation sites (tertiary alicyclic amines) is 2. The molecule has 7 heteroatoms. The van der Waals surface area contributed by atoms with Crippen LogP contribution < -0.4 is 11.1 Å². The van der Waals surface area contributed by atoms with Crippen LogP contribution in [0.25, 0.3) is 0 Å². The van der Waals surface area contributed by atoms with Crippen LogP contribution in [-0.2, 0) is 9.53 Å². The van der Waals surface area contributed by atoms with E-state index >= 15 is 0 Å². The van der Waals surface area contributed by atoms with E-state index in [1.807, 2.05) is 39.5 Å². The molecular weight excluding hydrogens is 404 g/mol. The number of nitrogens with one attached hydrogen (secondary N) is 1. The number of ether oxygens (including phenoxy) is 1. The number of nitrogens with two attached hydrogens (primary N) is 1. The monoisotopic (exact) mass is 454 g/mol. The van der Waals surface area contributed by atoms with Crippen LogP contribution in [0.4, 0.5) is 4.79 Å². The Balaban J connectivity index is 0.000000363. The van der Waals surface area contributed by atoms with Gasteiger partial charge in [-0.15, -0.1) is 0 Å². The van der Waals surface area contributed by atoms with Crippen molar-refractivity contribution in [3.05, 3.63) is 0 Å². The van der Waals surface area contributed by atoms with Gasteiger partial charge in [0.1, 0.15) is 11.6 Å². The zero-order valence-electron chi connectivity index (χ0n) is 21.8. The number of hydrogen-bond acceptors (Lipinski definition) is 5. The zero-order chi connectivity index (χ0) is 24.3. The maximum Gasteiger partial charge on any atom is 0.408 e. The third kappa shape index (κ3) is 12.6. The molecule has 0 aromatic heterocycles. The van der Waals surface area contributed by atoms with E-state index in [0.29, 0.717) is 18.4 Å². The molecule has 0 aliphatic carbocycles. The van der Waals surface area contributed by atoms with E-state index in [4.69, 9.17) is 10.5 Å². The van der Waals surface area contributed by atoms with Gasteiger partial charge in [0.15, 0.2) is 0 Å². The Labute approximate surface area is 196 Å². The molecular formula is C25H50N4O3. The molecule has 0 unspecified atom stereocenters. The molecule has 2 aliphatic rings. The summed E-state index contributed by atoms with van der Waals surface area (Å²) < 4.78 is 5.24. The van der Waals surface area contributed by atoms with E-state index in [-0.39, 0.29) is 5.91 Å². The van der Waals surface area contributed by atoms with Crippen LogP contribution in [0.1, 0.15) is 87.0 Å². The molecule has 2 saturated heterocycles. The first kappa shape index (κ1) is 28.7. The second-order valence-corrected chi connectivity index (χ2v) is 11.3. The molecule has 2 rings (SSSR count). The SMILES string of the molecule is CC(C)C[C@H](N)CN1CCCC1.CC(C)C[C@H](NC(=O)OC(C)(C)C)C(=O)N1CCCC1. The smallest absolute Gasteiger partial charge is 0.408 e. The fourth-order valence-electron chi connectivity index (χ4n) is 4.28. The summed E-state index contributed by atoms with van der Waals surface area (Å²) in [7, 11) is 0. The lowest BCUT2D eigenvalue weighted by Crippen LogP contribution is -2.49. The molecule has 0 radical (unpaired) electrons. The van der Waals surface area contributed by atoms with Crippen LogP contribution in [-0.4, -0.2) is 72.2 Å². The summed E-state index contributed by atoms with van der Waals surface area (Å²) >= 11 is 0. The molecule has 32 heavy (non-hydrogen) atoms. The molecule has 0 bridgehead atoms. The largest absolute Gasteiger partial charge is 0.444 e. The summed E-state index contributed by atoms with van der Waals surface area (Å²) in [6, 6.07) is -0.0916. The van der Waals surface area contributed by atoms with E-state index in [2.05, 4.69) is 24.1 Å². The van der Waals surface area contributed by atoms with Gasteiger partial charge in [0.2, 0.25) is 5.91 Å². The van der Waals surface area contributed by atoms with Gasteiger partial charge in [0.25, 0.3) is 0 Å². The lowest BCUT2D eigenvalue weighted by Gasteiger charge is -2.27. The summed E-state index contributed by atoms with van der Waals surface area (Å²) in [5, 5.41) is 2.73. The minimum Gasteiger partial charge on any atom is -0.444 e. The van der Waals surface area contributed by atoms with E-state index in [9.17, 15) is 9.59 Å². The Morgan fingerprint density at radius 3 is 1.88 bits per heavy atom. The lowest BCUT2D eigenvalue weighted by atomic mass is 10.0. The van der Waals surface area contributed by atoms with Crippen LogP contribution in [0.5, 0.6) is 0 Å². The molecule has 188 valence electrons. The molecule has 2 heterocycles. The fraction of sp³-hybridized carbons (Fsp3) is 0.920. The second kappa shape index (κ2) is 14.0. The lowest BCUT2D eigenvalue weighted by molar-refractivity contribution is -0.132. The van der Waals surface area contributed by atoms with Crippen molar-refractivity contribution in [1.82, 2.24) is 15.1 Å². The van der Waals surface area contributed by atoms with Gasteiger partial charge >= 0.3 is 6.09 Å². The first-order valence-electron chi connectivity index (χ1n) is 12.6. The molecule has 2 aliphatic heterocycles. The highest BCUT2D eigenvalue weighted by atomic mass is 16.6. The van der Waals surface area contributed by atoms with Crippen molar-refractivity contribution in [2.24, 2.45) is 17.6 Å². The first-order chi connectivity index (χ1) is 14.9. The molecule has 0 aromatic rings. The standard InChI is InChI=1S/C15H28N2O3.C10H22N2/c1-11(2)10-12(13(18)17-8-6-7-9-17)16-14(19)20-15(3,4)5;1-9(2)7-10(11)8-12-5-3-4-6-12/h11-12H,6-10H2,1-5H3,(H,16,19);9-10H,3-8,11H2,1-2H3/t12-;10-/m00/s1. The number of hydrogen-bond donors (Lipinski definition) is 2. The quantitative estimate of drug-likeness (QED) is 0.579. The van der Waals surface area contributed by atoms with Crippen molar-refractivity contribution in [2.45, 2.75) is 105 Å². The van der Waals surface area contributed by atoms with Crippen molar-refractivity contribution < 1.29 is 14.3 Å². The number of rotatable bonds is 8. The van der Waals surface area contributed by atoms with Gasteiger partial charge in [0.05, 0.1) is 0 Å².